The Morgan fingerprint density at radius 1 is 1.40 bits per heavy atom. The van der Waals surface area contributed by atoms with Gasteiger partial charge in [0.05, 0.1) is 13.5 Å². The molecule has 2 N–H and O–H groups in total. The number of alkyl halides is 3. The van der Waals surface area contributed by atoms with E-state index in [0.717, 1.165) is 0 Å². The molecule has 1 aromatic heterocycles. The molecule has 0 radical (unpaired) electrons. The summed E-state index contributed by atoms with van der Waals surface area (Å²) in [6.45, 7) is 0. The second-order valence-corrected chi connectivity index (χ2v) is 4.82. The number of rotatable bonds is 6. The molecule has 1 amide bonds. The molecule has 1 unspecified atom stereocenters. The molecule has 2 aromatic rings. The molecule has 0 saturated heterocycles. The van der Waals surface area contributed by atoms with E-state index in [0.29, 0.717) is 5.75 Å². The molecule has 12 heteroatoms. The van der Waals surface area contributed by atoms with E-state index in [4.69, 9.17) is 9.84 Å². The predicted octanol–water partition coefficient (Wildman–Crippen LogP) is 0.806. The van der Waals surface area contributed by atoms with Gasteiger partial charge in [0.15, 0.2) is 0 Å². The van der Waals surface area contributed by atoms with E-state index in [1.165, 1.54) is 36.3 Å². The zero-order valence-corrected chi connectivity index (χ0v) is 12.7. The zero-order chi connectivity index (χ0) is 18.6. The molecule has 0 aliphatic heterocycles. The van der Waals surface area contributed by atoms with E-state index >= 15 is 0 Å². The van der Waals surface area contributed by atoms with Crippen molar-refractivity contribution in [3.63, 3.8) is 0 Å². The standard InChI is InChI=1S/C13H12F3N5O4/c1-25-10-3-2-7(4-9(10)21-6-17-19-20-21)11(22)18-8(12(23)24)5-13(14,15)16/h2-4,6,8H,5H2,1H3,(H,18,22)(H,23,24). The number of hydrogen-bond acceptors (Lipinski definition) is 6. The Morgan fingerprint density at radius 2 is 2.12 bits per heavy atom. The van der Waals surface area contributed by atoms with Gasteiger partial charge in [-0.2, -0.15) is 17.9 Å². The molecular weight excluding hydrogens is 347 g/mol. The normalized spacial score (nSPS) is 12.5. The number of aliphatic carboxylic acids is 1. The minimum atomic E-state index is -4.74. The first-order chi connectivity index (χ1) is 11.7. The fourth-order valence-electron chi connectivity index (χ4n) is 1.96. The molecule has 0 saturated carbocycles. The van der Waals surface area contributed by atoms with Gasteiger partial charge < -0.3 is 15.2 Å². The SMILES string of the molecule is COc1ccc(C(=O)NC(CC(F)(F)F)C(=O)O)cc1-n1cnnn1. The topological polar surface area (TPSA) is 119 Å². The largest absolute Gasteiger partial charge is 0.494 e. The van der Waals surface area contributed by atoms with Crippen LogP contribution in [0, 0.1) is 0 Å². The Kier molecular flexibility index (Phi) is 5.20. The van der Waals surface area contributed by atoms with Crippen LogP contribution < -0.4 is 10.1 Å². The lowest BCUT2D eigenvalue weighted by molar-refractivity contribution is -0.157. The fourth-order valence-corrected chi connectivity index (χ4v) is 1.96. The summed E-state index contributed by atoms with van der Waals surface area (Å²) in [6, 6.07) is 1.81. The zero-order valence-electron chi connectivity index (χ0n) is 12.7. The molecule has 0 spiro atoms. The Labute approximate surface area is 138 Å². The third kappa shape index (κ3) is 4.65. The van der Waals surface area contributed by atoms with Gasteiger partial charge in [0.1, 0.15) is 23.8 Å². The third-order valence-corrected chi connectivity index (χ3v) is 3.08. The number of nitrogens with one attached hydrogen (secondary N) is 1. The van der Waals surface area contributed by atoms with Gasteiger partial charge in [-0.15, -0.1) is 5.10 Å². The minimum absolute atomic E-state index is 0.0836. The van der Waals surface area contributed by atoms with Crippen LogP contribution in [0.3, 0.4) is 0 Å². The van der Waals surface area contributed by atoms with Crippen molar-refractivity contribution in [1.29, 1.82) is 0 Å². The number of benzene rings is 1. The summed E-state index contributed by atoms with van der Waals surface area (Å²) in [7, 11) is 1.37. The van der Waals surface area contributed by atoms with E-state index in [1.54, 1.807) is 0 Å². The van der Waals surface area contributed by atoms with Crippen molar-refractivity contribution in [3.05, 3.63) is 30.1 Å². The monoisotopic (exact) mass is 359 g/mol. The van der Waals surface area contributed by atoms with Crippen molar-refractivity contribution in [2.24, 2.45) is 0 Å². The van der Waals surface area contributed by atoms with Crippen LogP contribution in [-0.2, 0) is 4.79 Å². The van der Waals surface area contributed by atoms with Gasteiger partial charge in [0.2, 0.25) is 0 Å². The summed E-state index contributed by atoms with van der Waals surface area (Å²) in [5.74, 6) is -2.48. The average Bonchev–Trinajstić information content (AvgIpc) is 3.06. The molecule has 25 heavy (non-hydrogen) atoms. The number of nitrogens with zero attached hydrogens (tertiary/aromatic N) is 4. The highest BCUT2D eigenvalue weighted by Gasteiger charge is 2.36. The van der Waals surface area contributed by atoms with Crippen LogP contribution in [-0.4, -0.2) is 56.5 Å². The lowest BCUT2D eigenvalue weighted by Gasteiger charge is -2.17. The Hall–Kier alpha value is -3.18. The number of methoxy groups -OCH3 is 1. The van der Waals surface area contributed by atoms with Crippen molar-refractivity contribution in [2.45, 2.75) is 18.6 Å². The van der Waals surface area contributed by atoms with Crippen molar-refractivity contribution < 1.29 is 32.6 Å². The van der Waals surface area contributed by atoms with Crippen LogP contribution in [0.1, 0.15) is 16.8 Å². The number of carbonyl (C=O) groups excluding carboxylic acids is 1. The number of tetrazole rings is 1. The maximum atomic E-state index is 12.4. The molecule has 1 heterocycles. The summed E-state index contributed by atoms with van der Waals surface area (Å²) in [4.78, 5) is 23.1. The maximum Gasteiger partial charge on any atom is 0.391 e. The van der Waals surface area contributed by atoms with E-state index in [2.05, 4.69) is 15.5 Å². The van der Waals surface area contributed by atoms with Gasteiger partial charge in [-0.05, 0) is 28.6 Å². The molecule has 1 atom stereocenters. The van der Waals surface area contributed by atoms with Gasteiger partial charge in [-0.25, -0.2) is 4.79 Å². The first kappa shape index (κ1) is 18.2. The van der Waals surface area contributed by atoms with Crippen LogP contribution in [0.15, 0.2) is 24.5 Å². The number of aromatic nitrogens is 4. The number of carboxylic acid groups (broad SMARTS) is 1. The second-order valence-electron chi connectivity index (χ2n) is 4.82. The van der Waals surface area contributed by atoms with E-state index in [-0.39, 0.29) is 11.3 Å². The molecular formula is C13H12F3N5O4. The predicted molar refractivity (Wildman–Crippen MR) is 75.3 cm³/mol. The van der Waals surface area contributed by atoms with Crippen LogP contribution >= 0.6 is 0 Å². The second kappa shape index (κ2) is 7.15. The highest BCUT2D eigenvalue weighted by atomic mass is 19.4. The summed E-state index contributed by atoms with van der Waals surface area (Å²) in [5, 5.41) is 21.2. The van der Waals surface area contributed by atoms with Crippen LogP contribution in [0.5, 0.6) is 5.75 Å². The summed E-state index contributed by atoms with van der Waals surface area (Å²) in [6.07, 6.45) is -5.21. The quantitative estimate of drug-likeness (QED) is 0.783. The van der Waals surface area contributed by atoms with Gasteiger partial charge >= 0.3 is 12.1 Å². The van der Waals surface area contributed by atoms with Crippen molar-refractivity contribution in [1.82, 2.24) is 25.5 Å². The number of amides is 1. The number of carboxylic acids is 1. The molecule has 134 valence electrons. The third-order valence-electron chi connectivity index (χ3n) is 3.08. The van der Waals surface area contributed by atoms with Crippen LogP contribution in [0.25, 0.3) is 5.69 Å². The molecule has 0 aliphatic carbocycles. The number of halogens is 3. The summed E-state index contributed by atoms with van der Waals surface area (Å²) < 4.78 is 43.5. The van der Waals surface area contributed by atoms with Gasteiger partial charge in [0.25, 0.3) is 5.91 Å². The molecule has 9 nitrogen and oxygen atoms in total. The molecule has 1 aromatic carbocycles. The minimum Gasteiger partial charge on any atom is -0.494 e. The van der Waals surface area contributed by atoms with E-state index in [9.17, 15) is 22.8 Å². The van der Waals surface area contributed by atoms with Crippen molar-refractivity contribution in [3.8, 4) is 11.4 Å². The molecule has 2 rings (SSSR count). The smallest absolute Gasteiger partial charge is 0.391 e. The highest BCUT2D eigenvalue weighted by Crippen LogP contribution is 2.24. The maximum absolute atomic E-state index is 12.4. The molecule has 0 fully saturated rings. The first-order valence-electron chi connectivity index (χ1n) is 6.73. The number of carbonyl (C=O) groups is 2. The van der Waals surface area contributed by atoms with E-state index < -0.39 is 30.5 Å². The Balaban J connectivity index is 2.27. The lowest BCUT2D eigenvalue weighted by atomic mass is 10.1. The molecule has 0 aliphatic rings. The van der Waals surface area contributed by atoms with Gasteiger partial charge in [0, 0.05) is 5.56 Å². The average molecular weight is 359 g/mol. The molecule has 0 bridgehead atoms. The first-order valence-corrected chi connectivity index (χ1v) is 6.73. The van der Waals surface area contributed by atoms with Crippen molar-refractivity contribution >= 4 is 11.9 Å². The van der Waals surface area contributed by atoms with Crippen LogP contribution in [0.2, 0.25) is 0 Å². The fraction of sp³-hybridized carbons (Fsp3) is 0.308. The highest BCUT2D eigenvalue weighted by molar-refractivity contribution is 5.97. The number of ether oxygens (including phenoxy) is 1. The summed E-state index contributed by atoms with van der Waals surface area (Å²) in [5.41, 5.74) is 0.169. The number of hydrogen-bond donors (Lipinski definition) is 2. The summed E-state index contributed by atoms with van der Waals surface area (Å²) >= 11 is 0. The van der Waals surface area contributed by atoms with E-state index in [1.807, 2.05) is 5.32 Å². The Bertz CT molecular complexity index is 764. The van der Waals surface area contributed by atoms with Crippen molar-refractivity contribution in [2.75, 3.05) is 7.11 Å². The lowest BCUT2D eigenvalue weighted by Crippen LogP contribution is -2.43. The Morgan fingerprint density at radius 3 is 2.64 bits per heavy atom. The van der Waals surface area contributed by atoms with Gasteiger partial charge in [-0.3, -0.25) is 4.79 Å². The van der Waals surface area contributed by atoms with Crippen LogP contribution in [0.4, 0.5) is 13.2 Å². The van der Waals surface area contributed by atoms with Gasteiger partial charge in [-0.1, -0.05) is 0 Å².